The van der Waals surface area contributed by atoms with Crippen molar-refractivity contribution < 1.29 is 18.3 Å². The number of rotatable bonds is 5. The number of sulfonamides is 1. The number of aromatic nitrogens is 1. The van der Waals surface area contributed by atoms with Gasteiger partial charge >= 0.3 is 5.97 Å². The third-order valence-corrected chi connectivity index (χ3v) is 6.40. The van der Waals surface area contributed by atoms with Crippen LogP contribution >= 0.6 is 23.1 Å². The molecule has 1 unspecified atom stereocenters. The number of carbonyl (C=O) groups is 1. The summed E-state index contributed by atoms with van der Waals surface area (Å²) in [6.45, 7) is 0. The fraction of sp³-hybridized carbons (Fsp3) is 0.154. The molecule has 3 rings (SSSR count). The molecular weight excluding hydrogens is 386 g/mol. The number of aliphatic carboxylic acids is 1. The van der Waals surface area contributed by atoms with Gasteiger partial charge in [-0.05, 0) is 24.3 Å². The smallest absolute Gasteiger partial charge is 0.347 e. The van der Waals surface area contributed by atoms with E-state index in [1.54, 1.807) is 18.3 Å². The van der Waals surface area contributed by atoms with Crippen LogP contribution in [0.2, 0.25) is 0 Å². The van der Waals surface area contributed by atoms with Crippen LogP contribution in [-0.4, -0.2) is 40.9 Å². The number of nitrogens with two attached hydrogens (primary N) is 2. The summed E-state index contributed by atoms with van der Waals surface area (Å²) in [6, 6.07) is 5.91. The molecule has 1 aliphatic heterocycles. The number of benzene rings is 1. The number of primary sulfonamides is 1. The van der Waals surface area contributed by atoms with Gasteiger partial charge in [0.1, 0.15) is 5.04 Å². The van der Waals surface area contributed by atoms with E-state index >= 15 is 0 Å². The summed E-state index contributed by atoms with van der Waals surface area (Å²) < 4.78 is 22.5. The van der Waals surface area contributed by atoms with Crippen LogP contribution < -0.4 is 16.2 Å². The van der Waals surface area contributed by atoms with Gasteiger partial charge in [-0.3, -0.25) is 5.73 Å². The molecule has 0 saturated heterocycles. The van der Waals surface area contributed by atoms with Crippen molar-refractivity contribution in [1.29, 1.82) is 0 Å². The SMILES string of the molecule is NC1(C(=O)O)CSC(c2cnc(Nc3ccc(S(N)(=O)=O)cc3)s2)=N1. The Morgan fingerprint density at radius 2 is 2.00 bits per heavy atom. The second-order valence-corrected chi connectivity index (χ2v) is 8.72. The number of hydrogen-bond acceptors (Lipinski definition) is 9. The van der Waals surface area contributed by atoms with Gasteiger partial charge < -0.3 is 10.4 Å². The van der Waals surface area contributed by atoms with Gasteiger partial charge in [0.2, 0.25) is 15.7 Å². The second-order valence-electron chi connectivity index (χ2n) is 5.16. The molecule has 1 atom stereocenters. The van der Waals surface area contributed by atoms with E-state index in [1.807, 2.05) is 0 Å². The molecule has 6 N–H and O–H groups in total. The Kier molecular flexibility index (Phi) is 4.55. The summed E-state index contributed by atoms with van der Waals surface area (Å²) in [6.07, 6.45) is 1.57. The summed E-state index contributed by atoms with van der Waals surface area (Å²) in [5.74, 6) is -1.01. The van der Waals surface area contributed by atoms with Gasteiger partial charge in [0.05, 0.1) is 16.0 Å². The van der Waals surface area contributed by atoms with Crippen molar-refractivity contribution in [3.05, 3.63) is 35.3 Å². The molecule has 1 aliphatic rings. The molecule has 0 bridgehead atoms. The number of carboxylic acids is 1. The predicted molar refractivity (Wildman–Crippen MR) is 96.8 cm³/mol. The molecule has 0 fully saturated rings. The maximum atomic E-state index is 11.2. The molecular formula is C13H13N5O4S3. The van der Waals surface area contributed by atoms with E-state index in [2.05, 4.69) is 15.3 Å². The van der Waals surface area contributed by atoms with Gasteiger partial charge in [0.25, 0.3) is 0 Å². The Bertz CT molecular complexity index is 954. The summed E-state index contributed by atoms with van der Waals surface area (Å²) in [5.41, 5.74) is 4.73. The van der Waals surface area contributed by atoms with Gasteiger partial charge in [-0.1, -0.05) is 11.3 Å². The number of thiazole rings is 1. The summed E-state index contributed by atoms with van der Waals surface area (Å²) in [7, 11) is -3.74. The van der Waals surface area contributed by atoms with E-state index in [0.717, 1.165) is 0 Å². The molecule has 0 amide bonds. The van der Waals surface area contributed by atoms with Gasteiger partial charge in [-0.25, -0.2) is 28.3 Å². The minimum absolute atomic E-state index is 0.0162. The van der Waals surface area contributed by atoms with Crippen LogP contribution in [0.4, 0.5) is 10.8 Å². The highest BCUT2D eigenvalue weighted by Gasteiger charge is 2.39. The minimum Gasteiger partial charge on any atom is -0.478 e. The maximum absolute atomic E-state index is 11.2. The number of nitrogens with one attached hydrogen (secondary N) is 1. The normalized spacial score (nSPS) is 20.3. The van der Waals surface area contributed by atoms with Crippen LogP contribution in [0, 0.1) is 0 Å². The third kappa shape index (κ3) is 3.82. The first-order valence-electron chi connectivity index (χ1n) is 6.78. The van der Waals surface area contributed by atoms with Crippen LogP contribution in [0.3, 0.4) is 0 Å². The molecule has 9 nitrogen and oxygen atoms in total. The van der Waals surface area contributed by atoms with E-state index in [0.29, 0.717) is 20.7 Å². The van der Waals surface area contributed by atoms with Crippen molar-refractivity contribution >= 4 is 55.0 Å². The lowest BCUT2D eigenvalue weighted by atomic mass is 10.2. The Hall–Kier alpha value is -1.99. The highest BCUT2D eigenvalue weighted by atomic mass is 32.2. The predicted octanol–water partition coefficient (Wildman–Crippen LogP) is 0.767. The lowest BCUT2D eigenvalue weighted by Gasteiger charge is -2.11. The van der Waals surface area contributed by atoms with Crippen molar-refractivity contribution in [3.8, 4) is 0 Å². The number of carboxylic acid groups (broad SMARTS) is 1. The summed E-state index contributed by atoms with van der Waals surface area (Å²) >= 11 is 2.54. The van der Waals surface area contributed by atoms with Crippen molar-refractivity contribution in [2.24, 2.45) is 15.9 Å². The lowest BCUT2D eigenvalue weighted by molar-refractivity contribution is -0.142. The number of aliphatic imine (C=N–C) groups is 1. The Balaban J connectivity index is 1.76. The van der Waals surface area contributed by atoms with Gasteiger partial charge in [-0.2, -0.15) is 0 Å². The van der Waals surface area contributed by atoms with Crippen LogP contribution in [0.25, 0.3) is 0 Å². The fourth-order valence-corrected chi connectivity index (χ4v) is 4.45. The molecule has 132 valence electrons. The van der Waals surface area contributed by atoms with E-state index < -0.39 is 21.7 Å². The van der Waals surface area contributed by atoms with Crippen molar-refractivity contribution in [2.75, 3.05) is 11.1 Å². The van der Waals surface area contributed by atoms with Crippen molar-refractivity contribution in [2.45, 2.75) is 10.6 Å². The molecule has 2 heterocycles. The zero-order valence-electron chi connectivity index (χ0n) is 12.5. The molecule has 1 aromatic heterocycles. The largest absolute Gasteiger partial charge is 0.478 e. The molecule has 12 heteroatoms. The van der Waals surface area contributed by atoms with Crippen LogP contribution in [-0.2, 0) is 14.8 Å². The standard InChI is InChI=1S/C13H13N5O4S3/c14-13(11(19)20)6-23-10(18-13)9-5-16-12(24-9)17-7-1-3-8(4-2-7)25(15,21)22/h1-5H,6,14H2,(H,16,17)(H,19,20)(H2,15,21,22). The Labute approximate surface area is 151 Å². The van der Waals surface area contributed by atoms with E-state index in [1.165, 1.54) is 35.2 Å². The van der Waals surface area contributed by atoms with Crippen LogP contribution in [0.5, 0.6) is 0 Å². The number of hydrogen-bond donors (Lipinski definition) is 4. The Morgan fingerprint density at radius 3 is 2.56 bits per heavy atom. The Morgan fingerprint density at radius 1 is 1.32 bits per heavy atom. The molecule has 25 heavy (non-hydrogen) atoms. The van der Waals surface area contributed by atoms with E-state index in [9.17, 15) is 13.2 Å². The van der Waals surface area contributed by atoms with Crippen LogP contribution in [0.15, 0.2) is 40.4 Å². The molecule has 0 radical (unpaired) electrons. The zero-order chi connectivity index (χ0) is 18.2. The first-order chi connectivity index (χ1) is 11.7. The maximum Gasteiger partial charge on any atom is 0.347 e. The zero-order valence-corrected chi connectivity index (χ0v) is 15.0. The molecule has 2 aromatic rings. The van der Waals surface area contributed by atoms with Crippen molar-refractivity contribution in [3.63, 3.8) is 0 Å². The fourth-order valence-electron chi connectivity index (χ4n) is 1.94. The average Bonchev–Trinajstić information content (AvgIpc) is 3.14. The highest BCUT2D eigenvalue weighted by Crippen LogP contribution is 2.32. The molecule has 0 spiro atoms. The summed E-state index contributed by atoms with van der Waals surface area (Å²) in [4.78, 5) is 20.1. The van der Waals surface area contributed by atoms with E-state index in [-0.39, 0.29) is 10.6 Å². The topological polar surface area (TPSA) is 161 Å². The number of nitrogens with zero attached hydrogens (tertiary/aromatic N) is 2. The minimum atomic E-state index is -3.74. The van der Waals surface area contributed by atoms with Gasteiger partial charge in [0.15, 0.2) is 5.13 Å². The third-order valence-electron chi connectivity index (χ3n) is 3.25. The van der Waals surface area contributed by atoms with E-state index in [4.69, 9.17) is 16.0 Å². The second kappa shape index (κ2) is 6.38. The highest BCUT2D eigenvalue weighted by molar-refractivity contribution is 8.15. The average molecular weight is 399 g/mol. The summed E-state index contributed by atoms with van der Waals surface area (Å²) in [5, 5.41) is 18.3. The number of anilines is 2. The quantitative estimate of drug-likeness (QED) is 0.573. The van der Waals surface area contributed by atoms with Crippen LogP contribution in [0.1, 0.15) is 4.88 Å². The van der Waals surface area contributed by atoms with Gasteiger partial charge in [-0.15, -0.1) is 11.8 Å². The monoisotopic (exact) mass is 399 g/mol. The molecule has 1 aromatic carbocycles. The first-order valence-corrected chi connectivity index (χ1v) is 10.1. The lowest BCUT2D eigenvalue weighted by Crippen LogP contribution is -2.46. The number of thioether (sulfide) groups is 1. The first kappa shape index (κ1) is 17.8. The molecule has 0 aliphatic carbocycles. The van der Waals surface area contributed by atoms with Crippen molar-refractivity contribution in [1.82, 2.24) is 4.98 Å². The molecule has 0 saturated carbocycles. The van der Waals surface area contributed by atoms with Gasteiger partial charge in [0, 0.05) is 11.4 Å².